The van der Waals surface area contributed by atoms with Crippen molar-refractivity contribution in [2.45, 2.75) is 37.3 Å². The maximum Gasteiger partial charge on any atom is 0.239 e. The van der Waals surface area contributed by atoms with E-state index < -0.39 is 6.04 Å². The topological polar surface area (TPSA) is 73.6 Å². The lowest BCUT2D eigenvalue weighted by Gasteiger charge is -2.32. The van der Waals surface area contributed by atoms with Crippen LogP contribution in [-0.2, 0) is 15.1 Å². The zero-order valence-corrected chi connectivity index (χ0v) is 12.7. The van der Waals surface area contributed by atoms with Crippen LogP contribution in [0, 0.1) is 0 Å². The Morgan fingerprint density at radius 2 is 1.90 bits per heavy atom. The average molecular weight is 292 g/mol. The summed E-state index contributed by atoms with van der Waals surface area (Å²) in [6, 6.07) is 7.26. The van der Waals surface area contributed by atoms with Gasteiger partial charge in [-0.2, -0.15) is 0 Å². The highest BCUT2D eigenvalue weighted by atomic mass is 16.5. The Bertz CT molecular complexity index is 467. The molecule has 1 aromatic carbocycles. The second-order valence-corrected chi connectivity index (χ2v) is 5.57. The van der Waals surface area contributed by atoms with Crippen molar-refractivity contribution in [3.8, 4) is 5.75 Å². The minimum atomic E-state index is -0.634. The van der Waals surface area contributed by atoms with Crippen molar-refractivity contribution in [3.05, 3.63) is 29.8 Å². The molecule has 1 aliphatic rings. The van der Waals surface area contributed by atoms with Crippen LogP contribution in [0.5, 0.6) is 5.75 Å². The van der Waals surface area contributed by atoms with E-state index in [1.807, 2.05) is 24.3 Å². The summed E-state index contributed by atoms with van der Waals surface area (Å²) in [7, 11) is 3.19. The summed E-state index contributed by atoms with van der Waals surface area (Å²) in [5.41, 5.74) is 6.63. The van der Waals surface area contributed by atoms with Crippen LogP contribution >= 0.6 is 0 Å². The van der Waals surface area contributed by atoms with Gasteiger partial charge < -0.3 is 20.5 Å². The summed E-state index contributed by atoms with van der Waals surface area (Å²) < 4.78 is 10.1. The second-order valence-electron chi connectivity index (χ2n) is 5.57. The van der Waals surface area contributed by atoms with Crippen molar-refractivity contribution in [2.75, 3.05) is 20.8 Å². The third kappa shape index (κ3) is 3.54. The van der Waals surface area contributed by atoms with Gasteiger partial charge in [-0.15, -0.1) is 0 Å². The van der Waals surface area contributed by atoms with E-state index >= 15 is 0 Å². The Labute approximate surface area is 125 Å². The number of rotatable bonds is 6. The normalized spacial score (nSPS) is 18.2. The third-order valence-corrected chi connectivity index (χ3v) is 4.15. The molecule has 1 unspecified atom stereocenters. The zero-order valence-electron chi connectivity index (χ0n) is 12.7. The molecule has 116 valence electrons. The molecule has 0 aromatic heterocycles. The van der Waals surface area contributed by atoms with Crippen LogP contribution in [0.2, 0.25) is 0 Å². The molecule has 5 nitrogen and oxygen atoms in total. The first-order valence-electron chi connectivity index (χ1n) is 7.32. The Hall–Kier alpha value is -1.59. The Morgan fingerprint density at radius 3 is 2.43 bits per heavy atom. The molecule has 0 radical (unpaired) electrons. The molecule has 0 spiro atoms. The second kappa shape index (κ2) is 6.91. The number of hydrogen-bond donors (Lipinski definition) is 2. The van der Waals surface area contributed by atoms with Crippen LogP contribution in [-0.4, -0.2) is 32.8 Å². The van der Waals surface area contributed by atoms with Gasteiger partial charge in [0.25, 0.3) is 0 Å². The Morgan fingerprint density at radius 1 is 1.29 bits per heavy atom. The first-order valence-corrected chi connectivity index (χ1v) is 7.32. The lowest BCUT2D eigenvalue weighted by Crippen LogP contribution is -2.52. The summed E-state index contributed by atoms with van der Waals surface area (Å²) in [4.78, 5) is 12.2. The third-order valence-electron chi connectivity index (χ3n) is 4.15. The molecule has 1 aliphatic carbocycles. The largest absolute Gasteiger partial charge is 0.497 e. The first-order chi connectivity index (χ1) is 10.1. The molecule has 2 rings (SSSR count). The average Bonchev–Trinajstić information content (AvgIpc) is 2.97. The smallest absolute Gasteiger partial charge is 0.239 e. The highest BCUT2D eigenvalue weighted by molar-refractivity contribution is 5.82. The van der Waals surface area contributed by atoms with Gasteiger partial charge in [-0.05, 0) is 30.5 Å². The number of carbonyl (C=O) groups is 1. The van der Waals surface area contributed by atoms with Crippen molar-refractivity contribution in [3.63, 3.8) is 0 Å². The number of methoxy groups -OCH3 is 2. The van der Waals surface area contributed by atoms with E-state index in [1.165, 1.54) is 0 Å². The molecule has 1 amide bonds. The lowest BCUT2D eigenvalue weighted by molar-refractivity contribution is -0.125. The van der Waals surface area contributed by atoms with E-state index in [0.29, 0.717) is 0 Å². The predicted molar refractivity (Wildman–Crippen MR) is 81.1 cm³/mol. The van der Waals surface area contributed by atoms with Gasteiger partial charge in [0, 0.05) is 7.11 Å². The van der Waals surface area contributed by atoms with E-state index in [0.717, 1.165) is 37.0 Å². The van der Waals surface area contributed by atoms with Gasteiger partial charge >= 0.3 is 0 Å². The van der Waals surface area contributed by atoms with E-state index in [9.17, 15) is 4.79 Å². The van der Waals surface area contributed by atoms with Crippen LogP contribution in [0.3, 0.4) is 0 Å². The van der Waals surface area contributed by atoms with Gasteiger partial charge in [0.05, 0.1) is 19.3 Å². The monoisotopic (exact) mass is 292 g/mol. The van der Waals surface area contributed by atoms with Crippen molar-refractivity contribution in [1.82, 2.24) is 5.32 Å². The predicted octanol–water partition coefficient (Wildman–Crippen LogP) is 1.55. The summed E-state index contributed by atoms with van der Waals surface area (Å²) in [5, 5.41) is 3.15. The molecule has 1 saturated carbocycles. The SMILES string of the molecule is COCC(N)C(=O)NC1(c2ccc(OC)cc2)CCCC1. The zero-order chi connectivity index (χ0) is 15.3. The molecule has 3 N–H and O–H groups in total. The molecule has 1 fully saturated rings. The molecule has 5 heteroatoms. The number of carbonyl (C=O) groups excluding carboxylic acids is 1. The number of ether oxygens (including phenoxy) is 2. The number of nitrogens with one attached hydrogen (secondary N) is 1. The fraction of sp³-hybridized carbons (Fsp3) is 0.562. The van der Waals surface area contributed by atoms with E-state index in [-0.39, 0.29) is 18.1 Å². The highest BCUT2D eigenvalue weighted by Gasteiger charge is 2.37. The summed E-state index contributed by atoms with van der Waals surface area (Å²) >= 11 is 0. The standard InChI is InChI=1S/C16H24N2O3/c1-20-11-14(17)15(19)18-16(9-3-4-10-16)12-5-7-13(21-2)8-6-12/h5-8,14H,3-4,9-11,17H2,1-2H3,(H,18,19). The fourth-order valence-corrected chi connectivity index (χ4v) is 2.96. The van der Waals surface area contributed by atoms with Crippen molar-refractivity contribution in [1.29, 1.82) is 0 Å². The van der Waals surface area contributed by atoms with Gasteiger partial charge in [0.1, 0.15) is 11.8 Å². The molecule has 0 saturated heterocycles. The molecule has 21 heavy (non-hydrogen) atoms. The maximum atomic E-state index is 12.2. The molecule has 1 atom stereocenters. The van der Waals surface area contributed by atoms with Gasteiger partial charge in [-0.3, -0.25) is 4.79 Å². The first kappa shape index (κ1) is 15.8. The van der Waals surface area contributed by atoms with E-state index in [1.54, 1.807) is 14.2 Å². The van der Waals surface area contributed by atoms with Gasteiger partial charge in [-0.25, -0.2) is 0 Å². The molecule has 1 aromatic rings. The fourth-order valence-electron chi connectivity index (χ4n) is 2.96. The summed E-state index contributed by atoms with van der Waals surface area (Å²) in [5.74, 6) is 0.656. The Kier molecular flexibility index (Phi) is 5.20. The minimum absolute atomic E-state index is 0.158. The molecule has 0 bridgehead atoms. The van der Waals surface area contributed by atoms with Gasteiger partial charge in [0.2, 0.25) is 5.91 Å². The Balaban J connectivity index is 2.17. The van der Waals surface area contributed by atoms with E-state index in [2.05, 4.69) is 5.32 Å². The molecular weight excluding hydrogens is 268 g/mol. The van der Waals surface area contributed by atoms with Crippen LogP contribution in [0.4, 0.5) is 0 Å². The number of hydrogen-bond acceptors (Lipinski definition) is 4. The van der Waals surface area contributed by atoms with Crippen LogP contribution in [0.1, 0.15) is 31.2 Å². The summed E-state index contributed by atoms with van der Waals surface area (Å²) in [6.07, 6.45) is 4.08. The molecule has 0 aliphatic heterocycles. The number of nitrogens with two attached hydrogens (primary N) is 1. The molecular formula is C16H24N2O3. The van der Waals surface area contributed by atoms with E-state index in [4.69, 9.17) is 15.2 Å². The highest BCUT2D eigenvalue weighted by Crippen LogP contribution is 2.39. The van der Waals surface area contributed by atoms with Gasteiger partial charge in [-0.1, -0.05) is 25.0 Å². The summed E-state index contributed by atoms with van der Waals surface area (Å²) in [6.45, 7) is 0.227. The maximum absolute atomic E-state index is 12.2. The molecule has 0 heterocycles. The number of benzene rings is 1. The van der Waals surface area contributed by atoms with Crippen molar-refractivity contribution < 1.29 is 14.3 Å². The number of amides is 1. The lowest BCUT2D eigenvalue weighted by atomic mass is 9.87. The van der Waals surface area contributed by atoms with Crippen molar-refractivity contribution in [2.24, 2.45) is 5.73 Å². The van der Waals surface area contributed by atoms with Crippen molar-refractivity contribution >= 4 is 5.91 Å². The van der Waals surface area contributed by atoms with Crippen LogP contribution in [0.15, 0.2) is 24.3 Å². The van der Waals surface area contributed by atoms with Crippen LogP contribution in [0.25, 0.3) is 0 Å². The quantitative estimate of drug-likeness (QED) is 0.834. The minimum Gasteiger partial charge on any atom is -0.497 e. The van der Waals surface area contributed by atoms with Gasteiger partial charge in [0.15, 0.2) is 0 Å². The van der Waals surface area contributed by atoms with Crippen LogP contribution < -0.4 is 15.8 Å².